The van der Waals surface area contributed by atoms with Gasteiger partial charge in [0.1, 0.15) is 48.1 Å². The SMILES string of the molecule is CCC(CC)CC(=O)c1c(C(=O)OC)c(-c2ccc(OC)c(OC)c2)c2c(OC)c(OC)c(OC)cc2c1O[C@@H]1O[C@H](C(=O)O)[C@@H](O)[C@H](O)[C@H]1O.CCC(CC)CC(=O)c1c(C(=O)OC)c(-c2ccc(OC)c(OC)c2)c2c(OC)c(OC)c(OC)cc2c1O[C@@H]1O[C@H](C)[C@@H](O)[C@H](O)[C@H]1O.[Ac].[Ac].[Ac]. The van der Waals surface area contributed by atoms with Crippen LogP contribution >= 0.6 is 0 Å². The number of methoxy groups -OCH3 is 12. The van der Waals surface area contributed by atoms with Gasteiger partial charge in [-0.2, -0.15) is 0 Å². The van der Waals surface area contributed by atoms with Crippen molar-refractivity contribution in [2.45, 2.75) is 135 Å². The van der Waals surface area contributed by atoms with Gasteiger partial charge in [-0.15, -0.1) is 0 Å². The van der Waals surface area contributed by atoms with E-state index in [2.05, 4.69) is 0 Å². The molecule has 6 aromatic rings. The van der Waals surface area contributed by atoms with Crippen LogP contribution in [-0.2, 0) is 23.7 Å². The standard InChI is InChI=1S/C36H44O15.C36H46O13.3Ac/c1-9-16(10-2)13-19(37)25-26(35(43)49-8)23(17-11-12-20(44-3)21(14-17)45-4)24-18(15-22(46-5)31(47-6)32(24)48-7)30(25)50-36-29(40)27(38)28(39)33(51-36)34(41)42;1-10-18(11-2)14-21(37)27-28(35(41)47-9)25(19-12-13-22(42-4)23(15-19)43-5)26-20(16-24(44-6)33(45-7)34(26)46-8)32(27)49-36-31(40)30(39)29(38)17(3)48-36;;;/h11-12,14-16,27-29,33,36,38-40H,9-10,13H2,1-8H3,(H,41,42);12-13,15-18,29-31,36,38-40H,10-11,14H2,1-9H3;;;/t27-,28-,29+,33-,36+;17-,29-,30+,31-,36+;;;/m01.../s1. The van der Waals surface area contributed by atoms with E-state index in [4.69, 9.17) is 75.8 Å². The Morgan fingerprint density at radius 1 is 0.398 bits per heavy atom. The first-order chi connectivity index (χ1) is 47.8. The number of Topliss-reactive ketones (excluding diaryl/α,β-unsaturated/α-hetero) is 2. The largest absolute Gasteiger partial charge is 0.493 e. The molecule has 2 aliphatic heterocycles. The van der Waals surface area contributed by atoms with Crippen molar-refractivity contribution < 1.29 is 268 Å². The predicted octanol–water partition coefficient (Wildman–Crippen LogP) is 8.17. The van der Waals surface area contributed by atoms with Gasteiger partial charge < -0.3 is 112 Å². The van der Waals surface area contributed by atoms with Gasteiger partial charge in [-0.1, -0.05) is 65.5 Å². The van der Waals surface area contributed by atoms with Gasteiger partial charge in [0.2, 0.25) is 24.1 Å². The van der Waals surface area contributed by atoms with Crippen molar-refractivity contribution in [3.63, 3.8) is 0 Å². The van der Waals surface area contributed by atoms with E-state index in [1.165, 1.54) is 91.2 Å². The van der Waals surface area contributed by atoms with E-state index >= 15 is 0 Å². The van der Waals surface area contributed by atoms with Gasteiger partial charge >= 0.3 is 17.9 Å². The van der Waals surface area contributed by atoms with E-state index in [0.29, 0.717) is 54.1 Å². The fourth-order valence-electron chi connectivity index (χ4n) is 12.5. The van der Waals surface area contributed by atoms with Crippen LogP contribution in [0.15, 0.2) is 48.5 Å². The van der Waals surface area contributed by atoms with Gasteiger partial charge in [-0.05, 0) is 66.3 Å². The number of fused-ring (bicyclic) bond motifs is 2. The number of aliphatic hydroxyl groups is 6. The number of rotatable bonds is 29. The van der Waals surface area contributed by atoms with Crippen LogP contribution in [0.4, 0.5) is 0 Å². The average molecular weight is 2080 g/mol. The van der Waals surface area contributed by atoms with Crippen LogP contribution in [0.5, 0.6) is 69.0 Å². The third-order valence-corrected chi connectivity index (χ3v) is 18.1. The predicted molar refractivity (Wildman–Crippen MR) is 361 cm³/mol. The van der Waals surface area contributed by atoms with Crippen molar-refractivity contribution in [3.05, 3.63) is 70.8 Å². The summed E-state index contributed by atoms with van der Waals surface area (Å²) >= 11 is 0. The molecule has 6 aromatic carbocycles. The first kappa shape index (κ1) is 90.6. The van der Waals surface area contributed by atoms with Crippen LogP contribution in [0.3, 0.4) is 0 Å². The molecule has 2 aliphatic rings. The van der Waals surface area contributed by atoms with Crippen LogP contribution < -0.4 is 56.8 Å². The number of hydrogen-bond donors (Lipinski definition) is 7. The number of carboxylic acid groups (broad SMARTS) is 1. The summed E-state index contributed by atoms with van der Waals surface area (Å²) in [6.07, 6.45) is -14.8. The van der Waals surface area contributed by atoms with E-state index in [9.17, 15) is 59.7 Å². The van der Waals surface area contributed by atoms with E-state index in [1.807, 2.05) is 27.7 Å². The van der Waals surface area contributed by atoms with Crippen molar-refractivity contribution in [2.24, 2.45) is 11.8 Å². The zero-order valence-corrected chi connectivity index (χ0v) is 75.0. The molecule has 0 spiro atoms. The number of hydrogen-bond acceptors (Lipinski definition) is 27. The minimum Gasteiger partial charge on any atom is -0.493 e. The van der Waals surface area contributed by atoms with Gasteiger partial charge in [0.25, 0.3) is 0 Å². The first-order valence-electron chi connectivity index (χ1n) is 32.1. The number of benzene rings is 6. The molecule has 2 heterocycles. The molecule has 0 aliphatic carbocycles. The molecule has 0 bridgehead atoms. The average Bonchev–Trinajstić information content (AvgIpc) is 0.723. The summed E-state index contributed by atoms with van der Waals surface area (Å²) in [7, 11) is 16.5. The molecule has 2 saturated heterocycles. The Hall–Kier alpha value is -4.81. The van der Waals surface area contributed by atoms with Crippen molar-refractivity contribution in [2.75, 3.05) is 85.3 Å². The number of ether oxygens (including phenoxy) is 16. The van der Waals surface area contributed by atoms with E-state index in [0.717, 1.165) is 7.11 Å². The second-order valence-electron chi connectivity index (χ2n) is 23.4. The van der Waals surface area contributed by atoms with E-state index in [-0.39, 0.29) is 264 Å². The normalized spacial score (nSPS) is 19.7. The van der Waals surface area contributed by atoms with Crippen molar-refractivity contribution in [1.29, 1.82) is 0 Å². The molecule has 10 atom stereocenters. The molecule has 2 fully saturated rings. The van der Waals surface area contributed by atoms with Gasteiger partial charge in [0.05, 0.1) is 114 Å². The second kappa shape index (κ2) is 41.0. The fraction of sp³-hybridized carbons (Fsp3) is 0.486. The molecule has 0 unspecified atom stereocenters. The Morgan fingerprint density at radius 3 is 1.05 bits per heavy atom. The maximum absolute atomic E-state index is 14.6. The van der Waals surface area contributed by atoms with Crippen LogP contribution in [0.25, 0.3) is 43.8 Å². The van der Waals surface area contributed by atoms with Gasteiger partial charge in [-0.3, -0.25) is 9.59 Å². The van der Waals surface area contributed by atoms with Crippen molar-refractivity contribution >= 4 is 51.0 Å². The number of aliphatic carboxylic acids is 1. The van der Waals surface area contributed by atoms with Crippen LogP contribution in [-0.4, -0.2) is 212 Å². The third kappa shape index (κ3) is 18.7. The summed E-state index contributed by atoms with van der Waals surface area (Å²) in [5.74, 6) is -2.96. The maximum atomic E-state index is 14.6. The monoisotopic (exact) mass is 2080 g/mol. The smallest absolute Gasteiger partial charge is 0.339 e. The van der Waals surface area contributed by atoms with Gasteiger partial charge in [-0.25, -0.2) is 14.4 Å². The summed E-state index contributed by atoms with van der Waals surface area (Å²) in [4.78, 5) is 69.4. The molecule has 28 nitrogen and oxygen atoms in total. The molecule has 31 heteroatoms. The molecule has 7 N–H and O–H groups in total. The quantitative estimate of drug-likeness (QED) is 0.0172. The fourth-order valence-corrected chi connectivity index (χ4v) is 12.5. The summed E-state index contributed by atoms with van der Waals surface area (Å²) in [6, 6.07) is 12.9. The van der Waals surface area contributed by atoms with Gasteiger partial charge in [0.15, 0.2) is 63.7 Å². The number of carboxylic acids is 1. The summed E-state index contributed by atoms with van der Waals surface area (Å²) in [5.41, 5.74) is 0.294. The molecular weight excluding hydrogens is 1990 g/mol. The Balaban J connectivity index is 0.000000424. The minimum absolute atomic E-state index is 0. The zero-order chi connectivity index (χ0) is 73.9. The summed E-state index contributed by atoms with van der Waals surface area (Å²) in [6.45, 7) is 9.28. The third-order valence-electron chi connectivity index (χ3n) is 18.1. The summed E-state index contributed by atoms with van der Waals surface area (Å²) < 4.78 is 91.2. The second-order valence-corrected chi connectivity index (χ2v) is 23.4. The number of aliphatic hydroxyl groups excluding tert-OH is 6. The van der Waals surface area contributed by atoms with Crippen molar-refractivity contribution in [1.82, 2.24) is 0 Å². The minimum atomic E-state index is -2.03. The molecule has 555 valence electrons. The summed E-state index contributed by atoms with van der Waals surface area (Å²) in [5, 5.41) is 74.5. The van der Waals surface area contributed by atoms with Crippen LogP contribution in [0.1, 0.15) is 115 Å². The number of carbonyl (C=O) groups excluding carboxylic acids is 4. The first-order valence-corrected chi connectivity index (χ1v) is 32.1. The Labute approximate surface area is 704 Å². The molecule has 3 radical (unpaired) electrons. The maximum Gasteiger partial charge on any atom is 0.339 e. The number of ketones is 2. The molecule has 0 saturated carbocycles. The topological polar surface area (TPSA) is 375 Å². The molecular formula is C72H90Ac3O28. The number of carbonyl (C=O) groups is 5. The van der Waals surface area contributed by atoms with Crippen LogP contribution in [0, 0.1) is 144 Å². The molecule has 103 heavy (non-hydrogen) atoms. The molecule has 8 rings (SSSR count). The van der Waals surface area contributed by atoms with E-state index < -0.39 is 90.9 Å². The van der Waals surface area contributed by atoms with Crippen molar-refractivity contribution in [3.8, 4) is 91.2 Å². The Kier molecular flexibility index (Phi) is 36.0. The Bertz CT molecular complexity index is 3950. The zero-order valence-electron chi connectivity index (χ0n) is 60.7. The number of esters is 2. The van der Waals surface area contributed by atoms with E-state index in [1.54, 1.807) is 42.5 Å². The molecule has 0 amide bonds. The van der Waals surface area contributed by atoms with Gasteiger partial charge in [0, 0.05) is 178 Å². The molecule has 0 aromatic heterocycles. The Morgan fingerprint density at radius 2 is 0.738 bits per heavy atom. The van der Waals surface area contributed by atoms with Crippen LogP contribution in [0.2, 0.25) is 0 Å².